The van der Waals surface area contributed by atoms with Gasteiger partial charge in [0.2, 0.25) is 0 Å². The fourth-order valence-corrected chi connectivity index (χ4v) is 5.44. The van der Waals surface area contributed by atoms with E-state index >= 15 is 0 Å². The molecule has 11 heteroatoms. The molecule has 1 aliphatic heterocycles. The van der Waals surface area contributed by atoms with Crippen LogP contribution in [0.15, 0.2) is 60.7 Å². The van der Waals surface area contributed by atoms with Gasteiger partial charge in [0.15, 0.2) is 0 Å². The van der Waals surface area contributed by atoms with Crippen molar-refractivity contribution in [3.63, 3.8) is 0 Å². The largest absolute Gasteiger partial charge is 0.489 e. The van der Waals surface area contributed by atoms with Gasteiger partial charge in [-0.05, 0) is 72.9 Å². The molecule has 0 saturated carbocycles. The van der Waals surface area contributed by atoms with Crippen LogP contribution in [0.25, 0.3) is 0 Å². The Morgan fingerprint density at radius 1 is 0.944 bits per heavy atom. The van der Waals surface area contributed by atoms with Gasteiger partial charge in [-0.2, -0.15) is 0 Å². The van der Waals surface area contributed by atoms with Gasteiger partial charge in [-0.15, -0.1) is 0 Å². The van der Waals surface area contributed by atoms with Crippen molar-refractivity contribution >= 4 is 42.6 Å². The minimum atomic E-state index is -3.96. The summed E-state index contributed by atoms with van der Waals surface area (Å²) in [7, 11) is -3.96. The maximum absolute atomic E-state index is 11.4. The lowest BCUT2D eigenvalue weighted by molar-refractivity contribution is 0.0362. The molecule has 3 aromatic rings. The molecule has 3 aromatic carbocycles. The molecule has 3 N–H and O–H groups in total. The summed E-state index contributed by atoms with van der Waals surface area (Å²) in [4.78, 5) is 9.30. The molecule has 0 amide bonds. The minimum absolute atomic E-state index is 0.0308. The summed E-state index contributed by atoms with van der Waals surface area (Å²) in [6, 6.07) is 18.1. The quantitative estimate of drug-likeness (QED) is 0.262. The summed E-state index contributed by atoms with van der Waals surface area (Å²) in [5.41, 5.74) is 7.21. The topological polar surface area (TPSA) is 100 Å². The van der Waals surface area contributed by atoms with Crippen LogP contribution >= 0.6 is 42.6 Å². The van der Waals surface area contributed by atoms with Gasteiger partial charge < -0.3 is 20.1 Å². The Balaban J connectivity index is 1.30. The molecule has 0 aliphatic carbocycles. The number of halogens is 3. The summed E-state index contributed by atoms with van der Waals surface area (Å²) in [6.07, 6.45) is 1.93. The maximum atomic E-state index is 11.4. The van der Waals surface area contributed by atoms with Gasteiger partial charge in [-0.3, -0.25) is 9.05 Å². The van der Waals surface area contributed by atoms with Gasteiger partial charge in [0, 0.05) is 21.1 Å². The molecule has 1 heterocycles. The van der Waals surface area contributed by atoms with Crippen molar-refractivity contribution in [1.82, 2.24) is 0 Å². The van der Waals surface area contributed by atoms with Crippen LogP contribution in [-0.2, 0) is 26.6 Å². The third-order valence-corrected chi connectivity index (χ3v) is 7.24. The van der Waals surface area contributed by atoms with E-state index in [-0.39, 0.29) is 13.2 Å². The third-order valence-electron chi connectivity index (χ3n) is 5.54. The Labute approximate surface area is 224 Å². The van der Waals surface area contributed by atoms with E-state index < -0.39 is 13.4 Å². The van der Waals surface area contributed by atoms with E-state index in [1.54, 1.807) is 30.3 Å². The second kappa shape index (κ2) is 11.7. The van der Waals surface area contributed by atoms with E-state index in [1.165, 1.54) is 0 Å². The van der Waals surface area contributed by atoms with Crippen molar-refractivity contribution in [1.29, 1.82) is 0 Å². The van der Waals surface area contributed by atoms with Gasteiger partial charge in [-0.25, -0.2) is 4.57 Å². The fraction of sp³-hybridized carbons (Fsp3) is 0.280. The highest BCUT2D eigenvalue weighted by atomic mass is 35.5. The predicted molar refractivity (Wildman–Crippen MR) is 140 cm³/mol. The monoisotopic (exact) mass is 571 g/mol. The second-order valence-electron chi connectivity index (χ2n) is 8.63. The zero-order chi connectivity index (χ0) is 25.8. The molecule has 0 spiro atoms. The van der Waals surface area contributed by atoms with Gasteiger partial charge in [-0.1, -0.05) is 46.9 Å². The van der Waals surface area contributed by atoms with E-state index in [0.717, 1.165) is 11.1 Å². The zero-order valence-corrected chi connectivity index (χ0v) is 22.3. The highest BCUT2D eigenvalue weighted by Gasteiger charge is 2.38. The lowest BCUT2D eigenvalue weighted by Crippen LogP contribution is -2.50. The van der Waals surface area contributed by atoms with E-state index in [0.29, 0.717) is 58.2 Å². The third kappa shape index (κ3) is 7.85. The number of benzene rings is 3. The Kier molecular flexibility index (Phi) is 8.87. The summed E-state index contributed by atoms with van der Waals surface area (Å²) in [5, 5.41) is 1.67. The Bertz CT molecular complexity index is 1240. The van der Waals surface area contributed by atoms with Crippen LogP contribution in [0, 0.1) is 0 Å². The lowest BCUT2D eigenvalue weighted by atomic mass is 9.94. The van der Waals surface area contributed by atoms with Crippen LogP contribution in [-0.4, -0.2) is 23.6 Å². The Hall–Kier alpha value is -1.80. The van der Waals surface area contributed by atoms with Crippen molar-refractivity contribution in [3.05, 3.63) is 86.9 Å². The number of phosphoric acid groups is 1. The molecule has 1 aliphatic rings. The van der Waals surface area contributed by atoms with E-state index in [4.69, 9.17) is 59.1 Å². The van der Waals surface area contributed by atoms with Crippen molar-refractivity contribution in [3.8, 4) is 17.2 Å². The van der Waals surface area contributed by atoms with Crippen LogP contribution in [0.3, 0.4) is 0 Å². The van der Waals surface area contributed by atoms with Crippen LogP contribution in [0.5, 0.6) is 17.2 Å². The number of hydrogen-bond acceptors (Lipinski definition) is 6. The molecule has 192 valence electrons. The highest BCUT2D eigenvalue weighted by Crippen LogP contribution is 2.48. The number of nitrogens with two attached hydrogens (primary N) is 1. The summed E-state index contributed by atoms with van der Waals surface area (Å²) in [6.45, 7) is 0.250. The number of phosphoric ester groups is 1. The maximum Gasteiger partial charge on any atom is 0.472 e. The smallest absolute Gasteiger partial charge is 0.472 e. The molecule has 0 aromatic heterocycles. The molecule has 7 nitrogen and oxygen atoms in total. The van der Waals surface area contributed by atoms with Crippen molar-refractivity contribution in [2.45, 2.75) is 31.4 Å². The molecule has 0 bridgehead atoms. The molecule has 4 rings (SSSR count). The molecule has 1 fully saturated rings. The first-order valence-corrected chi connectivity index (χ1v) is 13.8. The van der Waals surface area contributed by atoms with E-state index in [1.807, 2.05) is 30.3 Å². The Morgan fingerprint density at radius 2 is 1.61 bits per heavy atom. The lowest BCUT2D eigenvalue weighted by Gasteiger charge is -2.34. The van der Waals surface area contributed by atoms with Crippen LogP contribution in [0.4, 0.5) is 0 Å². The number of hydrogen-bond donors (Lipinski definition) is 2. The second-order valence-corrected chi connectivity index (χ2v) is 11.4. The van der Waals surface area contributed by atoms with Gasteiger partial charge >= 0.3 is 7.82 Å². The fourth-order valence-electron chi connectivity index (χ4n) is 3.69. The molecular formula is C25H25Cl3NO6P. The molecule has 0 atom stereocenters. The van der Waals surface area contributed by atoms with Crippen LogP contribution in [0.2, 0.25) is 15.1 Å². The molecule has 0 radical (unpaired) electrons. The molecule has 1 saturated heterocycles. The van der Waals surface area contributed by atoms with Gasteiger partial charge in [0.05, 0.1) is 18.8 Å². The summed E-state index contributed by atoms with van der Waals surface area (Å²) < 4.78 is 32.9. The molecule has 0 unspecified atom stereocenters. The standard InChI is InChI=1S/C25H25Cl3NO6P/c26-19-9-17(10-20(27)11-19)14-32-21-4-1-5-22(12-21)35-23-7-6-18(24(28)13-23)3-2-8-25(29)15-33-36(30,31)34-16-25/h1,4-7,9-13H,2-3,8,14-16,29H2,(H,30,31). The number of rotatable bonds is 9. The van der Waals surface area contributed by atoms with Crippen molar-refractivity contribution in [2.75, 3.05) is 13.2 Å². The van der Waals surface area contributed by atoms with Crippen LogP contribution in [0.1, 0.15) is 24.0 Å². The van der Waals surface area contributed by atoms with E-state index in [9.17, 15) is 9.46 Å². The molecule has 36 heavy (non-hydrogen) atoms. The predicted octanol–water partition coefficient (Wildman–Crippen LogP) is 7.19. The average molecular weight is 573 g/mol. The Morgan fingerprint density at radius 3 is 2.31 bits per heavy atom. The zero-order valence-electron chi connectivity index (χ0n) is 19.2. The summed E-state index contributed by atoms with van der Waals surface area (Å²) in [5.74, 6) is 1.82. The van der Waals surface area contributed by atoms with E-state index in [2.05, 4.69) is 0 Å². The van der Waals surface area contributed by atoms with Crippen LogP contribution < -0.4 is 15.2 Å². The van der Waals surface area contributed by atoms with Gasteiger partial charge in [0.25, 0.3) is 0 Å². The average Bonchev–Trinajstić information content (AvgIpc) is 2.81. The number of ether oxygens (including phenoxy) is 2. The summed E-state index contributed by atoms with van der Waals surface area (Å²) >= 11 is 18.6. The normalized spacial score (nSPS) is 21.8. The first-order chi connectivity index (χ1) is 17.1. The first kappa shape index (κ1) is 27.2. The number of aryl methyl sites for hydroxylation is 1. The SMILES string of the molecule is NC1(CCCc2ccc(Oc3cccc(OCc4cc(Cl)cc(Cl)c4)c3)cc2Cl)COP(=O)(O)OC1. The van der Waals surface area contributed by atoms with Crippen molar-refractivity contribution < 1.29 is 28.0 Å². The first-order valence-electron chi connectivity index (χ1n) is 11.1. The highest BCUT2D eigenvalue weighted by molar-refractivity contribution is 7.47. The molecular weight excluding hydrogens is 548 g/mol. The van der Waals surface area contributed by atoms with Crippen molar-refractivity contribution in [2.24, 2.45) is 5.73 Å². The minimum Gasteiger partial charge on any atom is -0.489 e. The van der Waals surface area contributed by atoms with Gasteiger partial charge in [0.1, 0.15) is 23.9 Å².